The molecule has 0 amide bonds. The second kappa shape index (κ2) is 11.9. The molecule has 1 aliphatic heterocycles. The molecule has 0 aliphatic carbocycles. The molecule has 0 radical (unpaired) electrons. The molecular weight excluding hydrogens is 537 g/mol. The summed E-state index contributed by atoms with van der Waals surface area (Å²) in [6, 6.07) is 15.7. The lowest BCUT2D eigenvalue weighted by atomic mass is 10.1. The summed E-state index contributed by atoms with van der Waals surface area (Å²) in [6.07, 6.45) is 2.52. The molecule has 0 aromatic heterocycles. The second-order valence-corrected chi connectivity index (χ2v) is 10.2. The van der Waals surface area contributed by atoms with Gasteiger partial charge in [-0.25, -0.2) is 12.7 Å². The Bertz CT molecular complexity index is 1000. The molecule has 2 aromatic rings. The van der Waals surface area contributed by atoms with Gasteiger partial charge in [0, 0.05) is 46.5 Å². The van der Waals surface area contributed by atoms with Crippen LogP contribution in [0.2, 0.25) is 0 Å². The molecule has 1 atom stereocenters. The number of nitrogens with zero attached hydrogens (tertiary/aromatic N) is 3. The predicted molar refractivity (Wildman–Crippen MR) is 142 cm³/mol. The van der Waals surface area contributed by atoms with Gasteiger partial charge in [0.05, 0.1) is 10.9 Å². The van der Waals surface area contributed by atoms with E-state index in [1.807, 2.05) is 12.1 Å². The minimum Gasteiger partial charge on any atom is -0.372 e. The van der Waals surface area contributed by atoms with Crippen LogP contribution in [-0.4, -0.2) is 52.9 Å². The Labute approximate surface area is 209 Å². The Morgan fingerprint density at radius 2 is 1.78 bits per heavy atom. The Kier molecular flexibility index (Phi) is 9.78. The maximum atomic E-state index is 12.2. The van der Waals surface area contributed by atoms with E-state index in [0.29, 0.717) is 12.5 Å². The highest BCUT2D eigenvalue weighted by Crippen LogP contribution is 2.24. The summed E-state index contributed by atoms with van der Waals surface area (Å²) in [5, 5.41) is 6.75. The zero-order chi connectivity index (χ0) is 22.4. The van der Waals surface area contributed by atoms with Gasteiger partial charge >= 0.3 is 0 Å². The molecule has 0 saturated carbocycles. The van der Waals surface area contributed by atoms with Crippen molar-refractivity contribution in [1.82, 2.24) is 14.9 Å². The number of aliphatic imine (C=N–C) groups is 1. The fourth-order valence-electron chi connectivity index (χ4n) is 3.63. The van der Waals surface area contributed by atoms with Crippen molar-refractivity contribution in [3.8, 4) is 0 Å². The molecular formula is C23H34IN5O2S. The van der Waals surface area contributed by atoms with Crippen LogP contribution < -0.4 is 15.5 Å². The highest BCUT2D eigenvalue weighted by atomic mass is 127. The van der Waals surface area contributed by atoms with Crippen molar-refractivity contribution in [2.24, 2.45) is 4.99 Å². The maximum absolute atomic E-state index is 12.2. The lowest BCUT2D eigenvalue weighted by Crippen LogP contribution is -2.38. The van der Waals surface area contributed by atoms with Crippen molar-refractivity contribution < 1.29 is 8.42 Å². The van der Waals surface area contributed by atoms with Crippen LogP contribution in [0, 0.1) is 0 Å². The topological polar surface area (TPSA) is 77.0 Å². The van der Waals surface area contributed by atoms with Gasteiger partial charge in [0.1, 0.15) is 0 Å². The minimum atomic E-state index is -3.41. The largest absolute Gasteiger partial charge is 0.372 e. The number of anilines is 1. The van der Waals surface area contributed by atoms with E-state index in [2.05, 4.69) is 51.7 Å². The van der Waals surface area contributed by atoms with E-state index < -0.39 is 10.0 Å². The average molecular weight is 572 g/mol. The number of halogens is 1. The maximum Gasteiger partial charge on any atom is 0.242 e. The van der Waals surface area contributed by atoms with Gasteiger partial charge in [-0.3, -0.25) is 4.99 Å². The van der Waals surface area contributed by atoms with Gasteiger partial charge in [0.15, 0.2) is 5.96 Å². The number of nitrogens with one attached hydrogen (secondary N) is 2. The van der Waals surface area contributed by atoms with E-state index in [1.165, 1.54) is 42.5 Å². The Morgan fingerprint density at radius 1 is 1.12 bits per heavy atom. The van der Waals surface area contributed by atoms with Crippen molar-refractivity contribution >= 4 is 45.6 Å². The summed E-state index contributed by atoms with van der Waals surface area (Å²) in [4.78, 5) is 7.05. The van der Waals surface area contributed by atoms with Crippen molar-refractivity contribution in [2.75, 3.05) is 39.1 Å². The fraction of sp³-hybridized carbons (Fsp3) is 0.435. The number of guanidine groups is 1. The fourth-order valence-corrected chi connectivity index (χ4v) is 4.53. The van der Waals surface area contributed by atoms with Crippen molar-refractivity contribution in [2.45, 2.75) is 37.2 Å². The zero-order valence-corrected chi connectivity index (χ0v) is 22.4. The normalized spacial score (nSPS) is 15.4. The molecule has 1 aliphatic rings. The van der Waals surface area contributed by atoms with Gasteiger partial charge in [-0.2, -0.15) is 0 Å². The number of sulfonamides is 1. The Balaban J connectivity index is 0.00000363. The van der Waals surface area contributed by atoms with E-state index in [-0.39, 0.29) is 34.9 Å². The molecule has 2 N–H and O–H groups in total. The molecule has 1 heterocycles. The summed E-state index contributed by atoms with van der Waals surface area (Å²) in [6.45, 7) is 4.92. The molecule has 2 aromatic carbocycles. The standard InChI is InChI=1S/C23H33N5O2S.HI/c1-18(20-8-7-9-21(16-20)28-14-5-6-15-28)26-23(24-2)25-17-19-10-12-22(13-11-19)31(29,30)27(3)4;/h7-13,16,18H,5-6,14-15,17H2,1-4H3,(H2,24,25,26);1H. The molecule has 1 fully saturated rings. The third kappa shape index (κ3) is 6.58. The molecule has 3 rings (SSSR count). The summed E-state index contributed by atoms with van der Waals surface area (Å²) in [5.41, 5.74) is 3.47. The number of hydrogen-bond donors (Lipinski definition) is 2. The van der Waals surface area contributed by atoms with Gasteiger partial charge in [-0.05, 0) is 55.2 Å². The molecule has 176 valence electrons. The van der Waals surface area contributed by atoms with Crippen LogP contribution in [0.4, 0.5) is 5.69 Å². The Morgan fingerprint density at radius 3 is 2.38 bits per heavy atom. The van der Waals surface area contributed by atoms with E-state index in [4.69, 9.17) is 0 Å². The zero-order valence-electron chi connectivity index (χ0n) is 19.2. The van der Waals surface area contributed by atoms with Gasteiger partial charge in [-0.15, -0.1) is 24.0 Å². The monoisotopic (exact) mass is 571 g/mol. The van der Waals surface area contributed by atoms with Crippen LogP contribution in [0.15, 0.2) is 58.4 Å². The van der Waals surface area contributed by atoms with Gasteiger partial charge < -0.3 is 15.5 Å². The van der Waals surface area contributed by atoms with E-state index in [0.717, 1.165) is 18.7 Å². The number of benzene rings is 2. The smallest absolute Gasteiger partial charge is 0.242 e. The van der Waals surface area contributed by atoms with Gasteiger partial charge in [0.25, 0.3) is 0 Å². The van der Waals surface area contributed by atoms with Gasteiger partial charge in [0.2, 0.25) is 10.0 Å². The molecule has 1 saturated heterocycles. The third-order valence-electron chi connectivity index (χ3n) is 5.58. The summed E-state index contributed by atoms with van der Waals surface area (Å²) < 4.78 is 25.6. The van der Waals surface area contributed by atoms with Crippen LogP contribution in [0.25, 0.3) is 0 Å². The Hall–Kier alpha value is -1.85. The van der Waals surface area contributed by atoms with E-state index >= 15 is 0 Å². The highest BCUT2D eigenvalue weighted by Gasteiger charge is 2.17. The molecule has 9 heteroatoms. The first-order valence-electron chi connectivity index (χ1n) is 10.6. The number of rotatable bonds is 7. The van der Waals surface area contributed by atoms with Crippen LogP contribution in [0.5, 0.6) is 0 Å². The van der Waals surface area contributed by atoms with E-state index in [9.17, 15) is 8.42 Å². The lowest BCUT2D eigenvalue weighted by Gasteiger charge is -2.22. The molecule has 32 heavy (non-hydrogen) atoms. The average Bonchev–Trinajstić information content (AvgIpc) is 3.32. The molecule has 7 nitrogen and oxygen atoms in total. The first kappa shape index (κ1) is 26.4. The van der Waals surface area contributed by atoms with Crippen LogP contribution in [0.3, 0.4) is 0 Å². The van der Waals surface area contributed by atoms with Crippen molar-refractivity contribution in [3.63, 3.8) is 0 Å². The number of hydrogen-bond acceptors (Lipinski definition) is 4. The predicted octanol–water partition coefficient (Wildman–Crippen LogP) is 3.58. The minimum absolute atomic E-state index is 0. The summed E-state index contributed by atoms with van der Waals surface area (Å²) >= 11 is 0. The van der Waals surface area contributed by atoms with E-state index in [1.54, 1.807) is 19.2 Å². The lowest BCUT2D eigenvalue weighted by molar-refractivity contribution is 0.520. The SMILES string of the molecule is CN=C(NCc1ccc(S(=O)(=O)N(C)C)cc1)NC(C)c1cccc(N2CCCC2)c1.I. The molecule has 0 spiro atoms. The highest BCUT2D eigenvalue weighted by molar-refractivity contribution is 14.0. The molecule has 1 unspecified atom stereocenters. The molecule has 0 bridgehead atoms. The van der Waals surface area contributed by atoms with Crippen LogP contribution >= 0.6 is 24.0 Å². The van der Waals surface area contributed by atoms with Crippen LogP contribution in [0.1, 0.15) is 36.9 Å². The van der Waals surface area contributed by atoms with Gasteiger partial charge in [-0.1, -0.05) is 24.3 Å². The quantitative estimate of drug-likeness (QED) is 0.302. The first-order chi connectivity index (χ1) is 14.8. The first-order valence-corrected chi connectivity index (χ1v) is 12.1. The summed E-state index contributed by atoms with van der Waals surface area (Å²) in [5.74, 6) is 0.698. The van der Waals surface area contributed by atoms with Crippen molar-refractivity contribution in [3.05, 3.63) is 59.7 Å². The summed E-state index contributed by atoms with van der Waals surface area (Å²) in [7, 11) is 1.39. The third-order valence-corrected chi connectivity index (χ3v) is 7.41. The van der Waals surface area contributed by atoms with Crippen LogP contribution in [-0.2, 0) is 16.6 Å². The second-order valence-electron chi connectivity index (χ2n) is 8.01. The van der Waals surface area contributed by atoms with Crippen molar-refractivity contribution in [1.29, 1.82) is 0 Å².